The normalized spacial score (nSPS) is 12.2. The molecule has 0 unspecified atom stereocenters. The maximum absolute atomic E-state index is 5.77. The van der Waals surface area contributed by atoms with Gasteiger partial charge in [-0.05, 0) is 0 Å². The molecule has 0 rings (SSSR count). The van der Waals surface area contributed by atoms with E-state index in [0.717, 1.165) is 0 Å². The first kappa shape index (κ1) is 14.3. The topological polar surface area (TPSA) is 36.9 Å². The van der Waals surface area contributed by atoms with Crippen LogP contribution >= 0.6 is 11.6 Å². The van der Waals surface area contributed by atoms with E-state index in [1.165, 1.54) is 0 Å². The Balaban J connectivity index is 3.67. The molecule has 6 heteroatoms. The van der Waals surface area contributed by atoms with Crippen molar-refractivity contribution in [2.75, 3.05) is 46.5 Å². The van der Waals surface area contributed by atoms with Gasteiger partial charge in [0.15, 0.2) is 5.41 Å². The molecule has 0 aliphatic heterocycles. The van der Waals surface area contributed by atoms with Gasteiger partial charge in [-0.15, -0.1) is 11.6 Å². The standard InChI is InChI=1S/C8H19ClO4Si/c1-10-3-5-12-8(14,7-9)13-6-4-11-2/h3-7H2,1-2,14H3. The van der Waals surface area contributed by atoms with Crippen LogP contribution in [0.25, 0.3) is 0 Å². The van der Waals surface area contributed by atoms with Gasteiger partial charge in [0.1, 0.15) is 0 Å². The van der Waals surface area contributed by atoms with E-state index < -0.39 is 5.41 Å². The Morgan fingerprint density at radius 3 is 1.71 bits per heavy atom. The van der Waals surface area contributed by atoms with Crippen molar-refractivity contribution in [2.45, 2.75) is 5.41 Å². The highest BCUT2D eigenvalue weighted by molar-refractivity contribution is 6.25. The van der Waals surface area contributed by atoms with Gasteiger partial charge in [-0.25, -0.2) is 0 Å². The quantitative estimate of drug-likeness (QED) is 0.238. The average molecular weight is 243 g/mol. The maximum Gasteiger partial charge on any atom is 0.154 e. The van der Waals surface area contributed by atoms with E-state index in [2.05, 4.69) is 0 Å². The number of rotatable bonds is 9. The zero-order valence-electron chi connectivity index (χ0n) is 9.05. The predicted molar refractivity (Wildman–Crippen MR) is 59.0 cm³/mol. The summed E-state index contributed by atoms with van der Waals surface area (Å²) in [5, 5.41) is 0. The zero-order valence-corrected chi connectivity index (χ0v) is 11.8. The molecule has 0 aromatic carbocycles. The van der Waals surface area contributed by atoms with E-state index in [1.54, 1.807) is 14.2 Å². The molecule has 0 bridgehead atoms. The minimum absolute atomic E-state index is 0.340. The minimum Gasteiger partial charge on any atom is -0.382 e. The third-order valence-corrected chi connectivity index (χ3v) is 3.50. The maximum atomic E-state index is 5.77. The first-order chi connectivity index (χ1) is 6.68. The van der Waals surface area contributed by atoms with Crippen LogP contribution in [0.4, 0.5) is 0 Å². The SMILES string of the molecule is COCCOC([SiH3])(CCl)OCCOC. The fraction of sp³-hybridized carbons (Fsp3) is 1.00. The second-order valence-electron chi connectivity index (χ2n) is 2.95. The lowest BCUT2D eigenvalue weighted by molar-refractivity contribution is -0.175. The molecule has 0 heterocycles. The summed E-state index contributed by atoms with van der Waals surface area (Å²) in [7, 11) is 3.97. The summed E-state index contributed by atoms with van der Waals surface area (Å²) in [6.45, 7) is 2.10. The van der Waals surface area contributed by atoms with E-state index in [-0.39, 0.29) is 0 Å². The van der Waals surface area contributed by atoms with Crippen LogP contribution in [0.3, 0.4) is 0 Å². The monoisotopic (exact) mass is 242 g/mol. The highest BCUT2D eigenvalue weighted by Crippen LogP contribution is 2.10. The Morgan fingerprint density at radius 2 is 1.43 bits per heavy atom. The van der Waals surface area contributed by atoms with Crippen molar-refractivity contribution < 1.29 is 18.9 Å². The van der Waals surface area contributed by atoms with Crippen molar-refractivity contribution in [3.05, 3.63) is 0 Å². The fourth-order valence-electron chi connectivity index (χ4n) is 0.801. The smallest absolute Gasteiger partial charge is 0.154 e. The van der Waals surface area contributed by atoms with Crippen molar-refractivity contribution in [1.82, 2.24) is 0 Å². The summed E-state index contributed by atoms with van der Waals surface area (Å²) in [5.74, 6) is 0.340. The van der Waals surface area contributed by atoms with Gasteiger partial charge in [0, 0.05) is 14.2 Å². The fourth-order valence-corrected chi connectivity index (χ4v) is 1.36. The van der Waals surface area contributed by atoms with Crippen molar-refractivity contribution in [1.29, 1.82) is 0 Å². The van der Waals surface area contributed by atoms with Crippen molar-refractivity contribution in [2.24, 2.45) is 0 Å². The summed E-state index contributed by atoms with van der Waals surface area (Å²) in [6, 6.07) is 0. The molecule has 86 valence electrons. The highest BCUT2D eigenvalue weighted by Gasteiger charge is 2.23. The Bertz CT molecular complexity index is 127. The number of methoxy groups -OCH3 is 2. The Kier molecular flexibility index (Phi) is 8.85. The first-order valence-electron chi connectivity index (χ1n) is 4.50. The molecule has 0 atom stereocenters. The number of ether oxygens (including phenoxy) is 4. The Morgan fingerprint density at radius 1 is 1.00 bits per heavy atom. The van der Waals surface area contributed by atoms with E-state index >= 15 is 0 Å². The number of halogens is 1. The molecule has 0 N–H and O–H groups in total. The van der Waals surface area contributed by atoms with E-state index in [1.807, 2.05) is 0 Å². The largest absolute Gasteiger partial charge is 0.382 e. The molecule has 0 radical (unpaired) electrons. The van der Waals surface area contributed by atoms with E-state index in [4.69, 9.17) is 30.5 Å². The molecule has 0 saturated carbocycles. The Hall–Kier alpha value is 0.347. The first-order valence-corrected chi connectivity index (χ1v) is 6.03. The van der Waals surface area contributed by atoms with Crippen LogP contribution in [0, 0.1) is 0 Å². The van der Waals surface area contributed by atoms with Crippen LogP contribution in [-0.4, -0.2) is 62.2 Å². The molecule has 4 nitrogen and oxygen atoms in total. The van der Waals surface area contributed by atoms with Gasteiger partial charge in [-0.2, -0.15) is 0 Å². The van der Waals surface area contributed by atoms with Crippen LogP contribution in [0.1, 0.15) is 0 Å². The molecular formula is C8H19ClO4Si. The van der Waals surface area contributed by atoms with Crippen molar-refractivity contribution in [3.8, 4) is 0 Å². The molecule has 0 fully saturated rings. The van der Waals surface area contributed by atoms with Crippen LogP contribution in [0.5, 0.6) is 0 Å². The second-order valence-corrected chi connectivity index (χ2v) is 4.74. The molecular weight excluding hydrogens is 224 g/mol. The number of hydrogen-bond acceptors (Lipinski definition) is 4. The lowest BCUT2D eigenvalue weighted by atomic mass is 10.6. The van der Waals surface area contributed by atoms with Gasteiger partial charge in [0.2, 0.25) is 0 Å². The molecule has 0 saturated heterocycles. The van der Waals surface area contributed by atoms with Gasteiger partial charge in [-0.3, -0.25) is 0 Å². The molecule has 14 heavy (non-hydrogen) atoms. The van der Waals surface area contributed by atoms with Crippen LogP contribution in [-0.2, 0) is 18.9 Å². The molecule has 0 spiro atoms. The van der Waals surface area contributed by atoms with Gasteiger partial charge in [0.25, 0.3) is 0 Å². The van der Waals surface area contributed by atoms with Gasteiger partial charge < -0.3 is 18.9 Å². The summed E-state index contributed by atoms with van der Waals surface area (Å²) >= 11 is 5.77. The lowest BCUT2D eigenvalue weighted by Gasteiger charge is -2.28. The lowest BCUT2D eigenvalue weighted by Crippen LogP contribution is -2.40. The average Bonchev–Trinajstić information content (AvgIpc) is 2.19. The summed E-state index contributed by atoms with van der Waals surface area (Å²) < 4.78 is 20.7. The minimum atomic E-state index is -0.612. The van der Waals surface area contributed by atoms with Crippen molar-refractivity contribution in [3.63, 3.8) is 0 Å². The molecule has 0 aromatic heterocycles. The van der Waals surface area contributed by atoms with E-state index in [0.29, 0.717) is 42.5 Å². The van der Waals surface area contributed by atoms with Gasteiger partial charge in [-0.1, -0.05) is 0 Å². The molecule has 0 aliphatic rings. The summed E-state index contributed by atoms with van der Waals surface area (Å²) in [5.41, 5.74) is -0.612. The predicted octanol–water partition coefficient (Wildman–Crippen LogP) is -0.430. The zero-order chi connectivity index (χ0) is 10.9. The number of alkyl halides is 1. The van der Waals surface area contributed by atoms with Crippen LogP contribution in [0.2, 0.25) is 0 Å². The van der Waals surface area contributed by atoms with E-state index in [9.17, 15) is 0 Å². The van der Waals surface area contributed by atoms with Gasteiger partial charge in [0.05, 0.1) is 42.5 Å². The summed E-state index contributed by atoms with van der Waals surface area (Å²) in [4.78, 5) is 0. The third kappa shape index (κ3) is 6.75. The molecule has 0 aliphatic carbocycles. The van der Waals surface area contributed by atoms with Gasteiger partial charge >= 0.3 is 0 Å². The Labute approximate surface area is 93.2 Å². The van der Waals surface area contributed by atoms with Crippen LogP contribution < -0.4 is 0 Å². The van der Waals surface area contributed by atoms with Crippen LogP contribution in [0.15, 0.2) is 0 Å². The molecule has 0 aromatic rings. The summed E-state index contributed by atoms with van der Waals surface area (Å²) in [6.07, 6.45) is 0. The highest BCUT2D eigenvalue weighted by atomic mass is 35.5. The molecule has 0 amide bonds. The second kappa shape index (κ2) is 8.64. The van der Waals surface area contributed by atoms with Crippen molar-refractivity contribution >= 4 is 21.8 Å². The number of hydrogen-bond donors (Lipinski definition) is 0. The third-order valence-electron chi connectivity index (χ3n) is 1.63.